The van der Waals surface area contributed by atoms with Crippen LogP contribution in [0.4, 0.5) is 29.3 Å². The van der Waals surface area contributed by atoms with Crippen LogP contribution in [0.2, 0.25) is 0 Å². The number of amides is 2. The Morgan fingerprint density at radius 3 is 2.23 bits per heavy atom. The molecule has 0 unspecified atom stereocenters. The van der Waals surface area contributed by atoms with Gasteiger partial charge < -0.3 is 15.4 Å². The van der Waals surface area contributed by atoms with Gasteiger partial charge in [-0.2, -0.15) is 18.3 Å². The van der Waals surface area contributed by atoms with Crippen LogP contribution in [0.15, 0.2) is 52.6 Å². The molecule has 0 fully saturated rings. The number of alkyl halides is 3. The van der Waals surface area contributed by atoms with E-state index in [4.69, 9.17) is 16.3 Å². The van der Waals surface area contributed by atoms with E-state index in [0.29, 0.717) is 27.7 Å². The van der Waals surface area contributed by atoms with Crippen LogP contribution >= 0.6 is 11.6 Å². The Labute approximate surface area is 183 Å². The summed E-state index contributed by atoms with van der Waals surface area (Å²) in [5.74, 6) is 0.516. The topological polar surface area (TPSA) is 66.0 Å². The highest BCUT2D eigenvalue weighted by Crippen LogP contribution is 2.34. The molecule has 2 rings (SSSR count). The van der Waals surface area contributed by atoms with E-state index in [1.165, 1.54) is 19.2 Å². The molecular weight excluding hydrogens is 433 g/mol. The highest BCUT2D eigenvalue weighted by Gasteiger charge is 2.30. The Morgan fingerprint density at radius 2 is 1.71 bits per heavy atom. The summed E-state index contributed by atoms with van der Waals surface area (Å²) in [6.07, 6.45) is -2.84. The van der Waals surface area contributed by atoms with Crippen LogP contribution in [0.3, 0.4) is 0 Å². The number of rotatable bonds is 6. The molecule has 0 aliphatic rings. The molecule has 0 aromatic heterocycles. The summed E-state index contributed by atoms with van der Waals surface area (Å²) in [6.45, 7) is 3.47. The van der Waals surface area contributed by atoms with Crippen molar-refractivity contribution >= 4 is 40.9 Å². The smallest absolute Gasteiger partial charge is 0.416 e. The zero-order chi connectivity index (χ0) is 23.2. The molecule has 2 aromatic rings. The number of hydrazone groups is 1. The number of halogens is 4. The van der Waals surface area contributed by atoms with E-state index in [1.54, 1.807) is 50.3 Å². The van der Waals surface area contributed by atoms with Gasteiger partial charge in [-0.25, -0.2) is 4.79 Å². The maximum Gasteiger partial charge on any atom is 0.416 e. The van der Waals surface area contributed by atoms with Crippen LogP contribution < -0.4 is 15.4 Å². The molecule has 0 bridgehead atoms. The Morgan fingerprint density at radius 1 is 1.13 bits per heavy atom. The maximum absolute atomic E-state index is 12.7. The number of nitrogens with one attached hydrogen (secondary N) is 2. The van der Waals surface area contributed by atoms with Gasteiger partial charge in [0, 0.05) is 35.2 Å². The second-order valence-electron chi connectivity index (χ2n) is 6.35. The van der Waals surface area contributed by atoms with Gasteiger partial charge in [0.15, 0.2) is 0 Å². The van der Waals surface area contributed by atoms with E-state index < -0.39 is 17.8 Å². The van der Waals surface area contributed by atoms with Gasteiger partial charge in [0.05, 0.1) is 18.4 Å². The summed E-state index contributed by atoms with van der Waals surface area (Å²) in [5, 5.41) is 11.4. The largest absolute Gasteiger partial charge is 0.496 e. The lowest BCUT2D eigenvalue weighted by molar-refractivity contribution is -0.137. The Hall–Kier alpha value is -3.20. The fraction of sp³-hybridized carbons (Fsp3) is 0.238. The highest BCUT2D eigenvalue weighted by molar-refractivity contribution is 6.32. The van der Waals surface area contributed by atoms with E-state index in [9.17, 15) is 18.0 Å². The second-order valence-corrected chi connectivity index (χ2v) is 6.92. The van der Waals surface area contributed by atoms with E-state index in [1.807, 2.05) is 0 Å². The first kappa shape index (κ1) is 24.1. The van der Waals surface area contributed by atoms with Crippen LogP contribution in [-0.2, 0) is 6.18 Å². The third kappa shape index (κ3) is 6.39. The molecule has 166 valence electrons. The Bertz CT molecular complexity index is 985. The van der Waals surface area contributed by atoms with E-state index >= 15 is 0 Å². The number of benzene rings is 2. The first-order valence-corrected chi connectivity index (χ1v) is 9.47. The predicted molar refractivity (Wildman–Crippen MR) is 117 cm³/mol. The molecule has 0 saturated heterocycles. The standard InChI is InChI=1S/C21H22ClF3N4O2/c1-5-26-29(3)19(13(2)22)17-12-16(10-11-18(17)31-4)28-20(30)27-15-8-6-14(7-9-15)21(23,24)25/h5-12H,1-4H3,(H2,27,28,30)/b19-13+,26-5-. The number of nitrogens with zero attached hydrogens (tertiary/aromatic N) is 2. The van der Waals surface area contributed by atoms with Crippen molar-refractivity contribution in [2.24, 2.45) is 5.10 Å². The highest BCUT2D eigenvalue weighted by atomic mass is 35.5. The van der Waals surface area contributed by atoms with Crippen molar-refractivity contribution in [2.45, 2.75) is 20.0 Å². The molecule has 0 aliphatic carbocycles. The number of hydrogen-bond acceptors (Lipinski definition) is 4. The monoisotopic (exact) mass is 454 g/mol. The van der Waals surface area contributed by atoms with Crippen molar-refractivity contribution in [1.29, 1.82) is 0 Å². The summed E-state index contributed by atoms with van der Waals surface area (Å²) >= 11 is 6.28. The van der Waals surface area contributed by atoms with Gasteiger partial charge in [0.1, 0.15) is 5.75 Å². The first-order valence-electron chi connectivity index (χ1n) is 9.09. The molecular formula is C21H22ClF3N4O2. The summed E-state index contributed by atoms with van der Waals surface area (Å²) in [5.41, 5.74) is 1.00. The van der Waals surface area contributed by atoms with Crippen LogP contribution in [0.25, 0.3) is 5.70 Å². The molecule has 6 nitrogen and oxygen atoms in total. The molecule has 31 heavy (non-hydrogen) atoms. The van der Waals surface area contributed by atoms with Gasteiger partial charge in [-0.3, -0.25) is 5.01 Å². The van der Waals surface area contributed by atoms with Crippen LogP contribution in [0, 0.1) is 0 Å². The molecule has 0 spiro atoms. The molecule has 0 radical (unpaired) electrons. The predicted octanol–water partition coefficient (Wildman–Crippen LogP) is 6.22. The average molecular weight is 455 g/mol. The molecule has 0 atom stereocenters. The van der Waals surface area contributed by atoms with Crippen molar-refractivity contribution in [2.75, 3.05) is 24.8 Å². The fourth-order valence-corrected chi connectivity index (χ4v) is 3.04. The van der Waals surface area contributed by atoms with Gasteiger partial charge in [0.25, 0.3) is 0 Å². The number of hydrogen-bond donors (Lipinski definition) is 2. The zero-order valence-electron chi connectivity index (χ0n) is 17.3. The SMILES string of the molecule is C/C=N\N(C)/C(=C(\C)Cl)c1cc(NC(=O)Nc2ccc(C(F)(F)F)cc2)ccc1OC. The second kappa shape index (κ2) is 10.2. The normalized spacial score (nSPS) is 12.4. The summed E-state index contributed by atoms with van der Waals surface area (Å²) in [4.78, 5) is 12.3. The fourth-order valence-electron chi connectivity index (χ4n) is 2.82. The number of ether oxygens (including phenoxy) is 1. The number of urea groups is 1. The molecule has 0 heterocycles. The van der Waals surface area contributed by atoms with Gasteiger partial charge in [-0.15, -0.1) is 0 Å². The summed E-state index contributed by atoms with van der Waals surface area (Å²) < 4.78 is 43.4. The zero-order valence-corrected chi connectivity index (χ0v) is 18.1. The van der Waals surface area contributed by atoms with Crippen molar-refractivity contribution < 1.29 is 22.7 Å². The lowest BCUT2D eigenvalue weighted by Gasteiger charge is -2.21. The average Bonchev–Trinajstić information content (AvgIpc) is 2.68. The molecule has 0 aliphatic heterocycles. The van der Waals surface area contributed by atoms with Gasteiger partial charge in [0.2, 0.25) is 0 Å². The number of carbonyl (C=O) groups is 1. The number of anilines is 2. The molecule has 2 aromatic carbocycles. The van der Waals surface area contributed by atoms with Crippen molar-refractivity contribution in [1.82, 2.24) is 5.01 Å². The van der Waals surface area contributed by atoms with Gasteiger partial charge in [-0.1, -0.05) is 11.6 Å². The minimum atomic E-state index is -4.44. The van der Waals surface area contributed by atoms with Gasteiger partial charge in [-0.05, 0) is 56.3 Å². The molecule has 2 N–H and O–H groups in total. The minimum absolute atomic E-state index is 0.216. The van der Waals surface area contributed by atoms with Crippen LogP contribution in [0.1, 0.15) is 25.0 Å². The summed E-state index contributed by atoms with van der Waals surface area (Å²) in [6, 6.07) is 8.47. The lowest BCUT2D eigenvalue weighted by Crippen LogP contribution is -2.20. The quantitative estimate of drug-likeness (QED) is 0.402. The lowest BCUT2D eigenvalue weighted by atomic mass is 10.1. The summed E-state index contributed by atoms with van der Waals surface area (Å²) in [7, 11) is 3.23. The molecule has 10 heteroatoms. The van der Waals surface area contributed by atoms with Gasteiger partial charge >= 0.3 is 12.2 Å². The van der Waals surface area contributed by atoms with E-state index in [2.05, 4.69) is 15.7 Å². The third-order valence-electron chi connectivity index (χ3n) is 4.12. The van der Waals surface area contributed by atoms with Crippen LogP contribution in [-0.4, -0.2) is 31.4 Å². The number of allylic oxidation sites excluding steroid dienone is 1. The molecule has 2 amide bonds. The first-order chi connectivity index (χ1) is 14.6. The Kier molecular flexibility index (Phi) is 7.93. The number of methoxy groups -OCH3 is 1. The third-order valence-corrected chi connectivity index (χ3v) is 4.30. The van der Waals surface area contributed by atoms with E-state index in [-0.39, 0.29) is 5.69 Å². The van der Waals surface area contributed by atoms with E-state index in [0.717, 1.165) is 12.1 Å². The van der Waals surface area contributed by atoms with Crippen molar-refractivity contribution in [3.05, 3.63) is 58.6 Å². The Balaban J connectivity index is 2.25. The van der Waals surface area contributed by atoms with Crippen LogP contribution in [0.5, 0.6) is 5.75 Å². The minimum Gasteiger partial charge on any atom is -0.496 e. The van der Waals surface area contributed by atoms with Crippen molar-refractivity contribution in [3.8, 4) is 5.75 Å². The number of carbonyl (C=O) groups excluding carboxylic acids is 1. The maximum atomic E-state index is 12.7. The molecule has 0 saturated carbocycles. The van der Waals surface area contributed by atoms with Crippen molar-refractivity contribution in [3.63, 3.8) is 0 Å².